The highest BCUT2D eigenvalue weighted by Crippen LogP contribution is 2.59. The first-order chi connectivity index (χ1) is 22.6. The van der Waals surface area contributed by atoms with Crippen LogP contribution in [0.2, 0.25) is 0 Å². The van der Waals surface area contributed by atoms with E-state index in [0.29, 0.717) is 0 Å². The summed E-state index contributed by atoms with van der Waals surface area (Å²) in [5.41, 5.74) is 1.02. The summed E-state index contributed by atoms with van der Waals surface area (Å²) in [5.74, 6) is -2.13. The van der Waals surface area contributed by atoms with Crippen molar-refractivity contribution in [2.75, 3.05) is 26.4 Å². The van der Waals surface area contributed by atoms with E-state index >= 15 is 0 Å². The zero-order valence-electron chi connectivity index (χ0n) is 29.0. The van der Waals surface area contributed by atoms with Crippen LogP contribution in [0.25, 0.3) is 0 Å². The van der Waals surface area contributed by atoms with Crippen LogP contribution in [0.1, 0.15) is 55.4 Å². The average Bonchev–Trinajstić information content (AvgIpc) is 3.50. The number of carbonyl (C=O) groups excluding carboxylic acids is 2. The first-order valence-corrected chi connectivity index (χ1v) is 16.3. The Balaban J connectivity index is 1.66. The summed E-state index contributed by atoms with van der Waals surface area (Å²) in [6.07, 6.45) is -20.4. The third-order valence-corrected chi connectivity index (χ3v) is 8.50. The van der Waals surface area contributed by atoms with Gasteiger partial charge in [-0.1, -0.05) is 25.5 Å². The van der Waals surface area contributed by atoms with E-state index in [1.165, 1.54) is 13.8 Å². The van der Waals surface area contributed by atoms with Crippen LogP contribution in [0.3, 0.4) is 0 Å². The Morgan fingerprint density at radius 3 is 1.86 bits per heavy atom. The highest BCUT2D eigenvalue weighted by atomic mass is 19.4. The van der Waals surface area contributed by atoms with Gasteiger partial charge in [-0.05, 0) is 52.9 Å². The van der Waals surface area contributed by atoms with Gasteiger partial charge in [0.25, 0.3) is 0 Å². The van der Waals surface area contributed by atoms with Gasteiger partial charge in [0.15, 0.2) is 31.4 Å². The van der Waals surface area contributed by atoms with Crippen molar-refractivity contribution in [2.45, 2.75) is 135 Å². The molecule has 0 aromatic rings. The van der Waals surface area contributed by atoms with E-state index in [2.05, 4.69) is 24.7 Å². The molecule has 1 saturated carbocycles. The number of halogens is 3. The number of aliphatic hydroxyl groups is 4. The zero-order chi connectivity index (χ0) is 37.0. The molecule has 1 aliphatic carbocycles. The van der Waals surface area contributed by atoms with Crippen LogP contribution in [0.4, 0.5) is 13.2 Å². The number of allylic oxidation sites excluding steroid dienone is 2. The van der Waals surface area contributed by atoms with Gasteiger partial charge in [-0.15, -0.1) is 0 Å². The second kappa shape index (κ2) is 17.1. The maximum absolute atomic E-state index is 13.3. The molecule has 2 heterocycles. The maximum Gasteiger partial charge on any atom is 0.422 e. The summed E-state index contributed by atoms with van der Waals surface area (Å²) in [6, 6.07) is 0. The third-order valence-electron chi connectivity index (χ3n) is 8.50. The minimum atomic E-state index is -4.83. The summed E-state index contributed by atoms with van der Waals surface area (Å²) in [7, 11) is 0. The minimum absolute atomic E-state index is 0.0401. The molecular weight excluding hydrogens is 665 g/mol. The van der Waals surface area contributed by atoms with E-state index in [1.807, 2.05) is 13.8 Å². The molecule has 0 amide bonds. The van der Waals surface area contributed by atoms with Crippen molar-refractivity contribution in [3.63, 3.8) is 0 Å². The largest absolute Gasteiger partial charge is 0.463 e. The van der Waals surface area contributed by atoms with Crippen molar-refractivity contribution in [3.05, 3.63) is 11.6 Å². The van der Waals surface area contributed by atoms with E-state index in [4.69, 9.17) is 33.2 Å². The Bertz CT molecular complexity index is 1130. The first kappa shape index (κ1) is 41.5. The Morgan fingerprint density at radius 2 is 1.29 bits per heavy atom. The lowest BCUT2D eigenvalue weighted by molar-refractivity contribution is -0.317. The van der Waals surface area contributed by atoms with Gasteiger partial charge in [0.05, 0.1) is 32.0 Å². The van der Waals surface area contributed by atoms with Crippen LogP contribution >= 0.6 is 0 Å². The van der Waals surface area contributed by atoms with Crippen molar-refractivity contribution in [1.29, 1.82) is 0 Å². The van der Waals surface area contributed by atoms with Gasteiger partial charge in [0, 0.05) is 5.92 Å². The minimum Gasteiger partial charge on any atom is -0.463 e. The lowest BCUT2D eigenvalue weighted by Gasteiger charge is -2.42. The van der Waals surface area contributed by atoms with Crippen LogP contribution < -0.4 is 0 Å². The molecule has 3 aliphatic rings. The van der Waals surface area contributed by atoms with Crippen molar-refractivity contribution in [1.82, 2.24) is 0 Å². The van der Waals surface area contributed by atoms with Gasteiger partial charge in [-0.3, -0.25) is 0 Å². The average molecular weight is 717 g/mol. The fraction of sp³-hybridized carbons (Fsp3) is 0.875. The molecule has 2 aliphatic heterocycles. The lowest BCUT2D eigenvalue weighted by atomic mass is 9.98. The molecule has 2 saturated heterocycles. The number of aliphatic hydroxyl groups excluding tert-OH is 4. The Labute approximate surface area is 283 Å². The lowest BCUT2D eigenvalue weighted by Crippen LogP contribution is -2.62. The molecule has 0 radical (unpaired) electrons. The van der Waals surface area contributed by atoms with Crippen LogP contribution in [-0.2, 0) is 47.5 Å². The summed E-state index contributed by atoms with van der Waals surface area (Å²) in [5, 5.41) is 42.9. The normalized spacial score (nSPS) is 36.0. The van der Waals surface area contributed by atoms with Gasteiger partial charge >= 0.3 is 18.1 Å². The van der Waals surface area contributed by atoms with Gasteiger partial charge in [0.2, 0.25) is 0 Å². The van der Waals surface area contributed by atoms with Crippen molar-refractivity contribution >= 4 is 11.9 Å². The molecule has 17 heteroatoms. The molecule has 0 spiro atoms. The van der Waals surface area contributed by atoms with Crippen LogP contribution in [0.5, 0.6) is 0 Å². The first-order valence-electron chi connectivity index (χ1n) is 16.3. The van der Waals surface area contributed by atoms with E-state index < -0.39 is 112 Å². The predicted octanol–water partition coefficient (Wildman–Crippen LogP) is 1.39. The van der Waals surface area contributed by atoms with E-state index in [9.17, 15) is 43.2 Å². The smallest absolute Gasteiger partial charge is 0.422 e. The number of alkyl halides is 3. The van der Waals surface area contributed by atoms with Crippen molar-refractivity contribution in [2.24, 2.45) is 17.3 Å². The number of esters is 2. The SMILES string of the molecule is CC(C)=CC1C(COC(=O)C2O[C@@H](OC(C)C)[C@@H](O)[C@@H](O)[C@@H]2OCCO[C@@H]2OC(C(=O)OCC(F)(F)F)[C@@H](OC(C)C)[C@H](O)[C@@H]2O)C1(C)C. The Kier molecular flexibility index (Phi) is 14.4. The number of ether oxygens (including phenoxy) is 8. The second-order valence-electron chi connectivity index (χ2n) is 13.9. The fourth-order valence-electron chi connectivity index (χ4n) is 5.86. The maximum atomic E-state index is 13.3. The Hall–Kier alpha value is -1.93. The fourth-order valence-corrected chi connectivity index (χ4v) is 5.86. The second-order valence-corrected chi connectivity index (χ2v) is 13.9. The number of hydrogen-bond acceptors (Lipinski definition) is 14. The van der Waals surface area contributed by atoms with Gasteiger partial charge in [-0.2, -0.15) is 13.2 Å². The molecule has 0 bridgehead atoms. The highest BCUT2D eigenvalue weighted by Gasteiger charge is 2.57. The van der Waals surface area contributed by atoms with Gasteiger partial charge < -0.3 is 58.3 Å². The van der Waals surface area contributed by atoms with Crippen molar-refractivity contribution in [3.8, 4) is 0 Å². The number of hydrogen-bond donors (Lipinski definition) is 4. The monoisotopic (exact) mass is 716 g/mol. The number of rotatable bonds is 15. The molecular formula is C32H51F3O14. The summed E-state index contributed by atoms with van der Waals surface area (Å²) < 4.78 is 81.2. The summed E-state index contributed by atoms with van der Waals surface area (Å²) >= 11 is 0. The Morgan fingerprint density at radius 1 is 0.776 bits per heavy atom. The van der Waals surface area contributed by atoms with Gasteiger partial charge in [-0.25, -0.2) is 9.59 Å². The van der Waals surface area contributed by atoms with Crippen molar-refractivity contribution < 1.29 is 81.1 Å². The number of carbonyl (C=O) groups is 2. The standard InChI is InChI=1S/C32H51F3O14/c1-14(2)11-17-18(31(17,7)8)12-44-27(40)25-23(19(36)22(39)30(49-25)47-16(5)6)42-9-10-43-29-21(38)20(37)24(46-15(3)4)26(48-29)28(41)45-13-32(33,34)35/h11,15-26,29-30,36-39H,9-10,12-13H2,1-8H3/t17?,18?,19-,20-,21+,22+,23+,24+,25?,26?,29-,30-/m1/s1. The molecule has 284 valence electrons. The molecule has 4 unspecified atom stereocenters. The molecule has 14 nitrogen and oxygen atoms in total. The molecule has 3 rings (SSSR count). The van der Waals surface area contributed by atoms with E-state index in [0.717, 1.165) is 5.57 Å². The van der Waals surface area contributed by atoms with E-state index in [-0.39, 0.29) is 23.9 Å². The topological polar surface area (TPSA) is 189 Å². The molecule has 4 N–H and O–H groups in total. The quantitative estimate of drug-likeness (QED) is 0.108. The molecule has 0 aromatic heterocycles. The van der Waals surface area contributed by atoms with E-state index in [1.54, 1.807) is 13.8 Å². The third kappa shape index (κ3) is 11.0. The predicted molar refractivity (Wildman–Crippen MR) is 161 cm³/mol. The molecule has 12 atom stereocenters. The van der Waals surface area contributed by atoms with Crippen LogP contribution in [0, 0.1) is 17.3 Å². The highest BCUT2D eigenvalue weighted by molar-refractivity contribution is 5.76. The molecule has 0 aromatic carbocycles. The zero-order valence-corrected chi connectivity index (χ0v) is 29.0. The van der Waals surface area contributed by atoms with Gasteiger partial charge in [0.1, 0.15) is 36.6 Å². The molecule has 49 heavy (non-hydrogen) atoms. The van der Waals surface area contributed by atoms with Crippen LogP contribution in [-0.4, -0.2) is 139 Å². The molecule has 3 fully saturated rings. The summed E-state index contributed by atoms with van der Waals surface area (Å²) in [4.78, 5) is 25.8. The van der Waals surface area contributed by atoms with Crippen LogP contribution in [0.15, 0.2) is 11.6 Å². The summed E-state index contributed by atoms with van der Waals surface area (Å²) in [6.45, 7) is 11.8.